The molecule has 0 radical (unpaired) electrons. The van der Waals surface area contributed by atoms with Crippen LogP contribution in [0.4, 0.5) is 10.6 Å². The van der Waals surface area contributed by atoms with E-state index in [1.54, 1.807) is 12.3 Å². The van der Waals surface area contributed by atoms with Crippen LogP contribution in [-0.4, -0.2) is 54.7 Å². The van der Waals surface area contributed by atoms with Crippen LogP contribution in [0.25, 0.3) is 0 Å². The van der Waals surface area contributed by atoms with E-state index in [4.69, 9.17) is 4.74 Å². The minimum atomic E-state index is -0.525. The van der Waals surface area contributed by atoms with Crippen molar-refractivity contribution < 1.29 is 14.3 Å². The van der Waals surface area contributed by atoms with Crippen molar-refractivity contribution in [2.75, 3.05) is 31.5 Å². The van der Waals surface area contributed by atoms with E-state index >= 15 is 0 Å². The van der Waals surface area contributed by atoms with Gasteiger partial charge < -0.3 is 26.0 Å². The fourth-order valence-corrected chi connectivity index (χ4v) is 2.02. The second-order valence-corrected chi connectivity index (χ2v) is 7.14. The predicted molar refractivity (Wildman–Crippen MR) is 110 cm³/mol. The van der Waals surface area contributed by atoms with Crippen molar-refractivity contribution >= 4 is 23.8 Å². The predicted octanol–water partition coefficient (Wildman–Crippen LogP) is 1.80. The Kier molecular flexibility index (Phi) is 9.76. The summed E-state index contributed by atoms with van der Waals surface area (Å²) in [5.41, 5.74) is 0.507. The third-order valence-corrected chi connectivity index (χ3v) is 3.22. The number of alkyl carbamates (subject to hydrolysis) is 1. The first-order valence-electron chi connectivity index (χ1n) is 9.41. The largest absolute Gasteiger partial charge is 0.444 e. The van der Waals surface area contributed by atoms with Crippen molar-refractivity contribution in [2.45, 2.75) is 46.6 Å². The quantitative estimate of drug-likeness (QED) is 0.304. The van der Waals surface area contributed by atoms with Gasteiger partial charge in [-0.1, -0.05) is 6.07 Å². The van der Waals surface area contributed by atoms with Crippen molar-refractivity contribution in [3.8, 4) is 0 Å². The highest BCUT2D eigenvalue weighted by Gasteiger charge is 2.15. The number of anilines is 1. The van der Waals surface area contributed by atoms with E-state index in [1.165, 1.54) is 0 Å². The Hall–Kier alpha value is -2.84. The average molecular weight is 393 g/mol. The Labute approximate surface area is 166 Å². The number of carbonyl (C=O) groups excluding carboxylic acids is 2. The summed E-state index contributed by atoms with van der Waals surface area (Å²) in [4.78, 5) is 32.0. The van der Waals surface area contributed by atoms with Gasteiger partial charge in [0.1, 0.15) is 11.4 Å². The van der Waals surface area contributed by atoms with Gasteiger partial charge in [0.05, 0.1) is 6.54 Å². The highest BCUT2D eigenvalue weighted by Crippen LogP contribution is 2.06. The number of pyridine rings is 1. The van der Waals surface area contributed by atoms with Crippen molar-refractivity contribution in [2.24, 2.45) is 4.99 Å². The summed E-state index contributed by atoms with van der Waals surface area (Å²) in [5, 5.41) is 11.6. The lowest BCUT2D eigenvalue weighted by atomic mass is 10.2. The second kappa shape index (κ2) is 11.8. The molecule has 0 saturated carbocycles. The van der Waals surface area contributed by atoms with Crippen LogP contribution in [0.1, 0.15) is 39.7 Å². The van der Waals surface area contributed by atoms with E-state index in [0.717, 1.165) is 5.56 Å². The molecular weight excluding hydrogens is 360 g/mol. The number of aliphatic imine (C=N–C) groups is 1. The molecule has 0 atom stereocenters. The molecular formula is C19H32N6O3. The van der Waals surface area contributed by atoms with Crippen LogP contribution >= 0.6 is 0 Å². The lowest BCUT2D eigenvalue weighted by molar-refractivity contribution is -0.116. The van der Waals surface area contributed by atoms with E-state index in [1.807, 2.05) is 40.7 Å². The molecule has 156 valence electrons. The van der Waals surface area contributed by atoms with E-state index in [-0.39, 0.29) is 12.3 Å². The Morgan fingerprint density at radius 1 is 1.14 bits per heavy atom. The molecule has 0 aliphatic carbocycles. The Morgan fingerprint density at radius 3 is 2.46 bits per heavy atom. The van der Waals surface area contributed by atoms with Gasteiger partial charge in [0.2, 0.25) is 5.91 Å². The minimum Gasteiger partial charge on any atom is -0.444 e. The molecule has 1 rings (SSSR count). The van der Waals surface area contributed by atoms with Gasteiger partial charge in [-0.15, -0.1) is 0 Å². The average Bonchev–Trinajstić information content (AvgIpc) is 2.59. The molecule has 0 fully saturated rings. The summed E-state index contributed by atoms with van der Waals surface area (Å²) < 4.78 is 5.17. The van der Waals surface area contributed by atoms with Crippen molar-refractivity contribution in [1.82, 2.24) is 20.9 Å². The number of carbonyl (C=O) groups is 2. The zero-order valence-corrected chi connectivity index (χ0v) is 17.4. The van der Waals surface area contributed by atoms with Gasteiger partial charge in [-0.2, -0.15) is 0 Å². The number of rotatable bonds is 8. The Bertz CT molecular complexity index is 653. The number of ether oxygens (including phenoxy) is 1. The van der Waals surface area contributed by atoms with Crippen LogP contribution in [0.5, 0.6) is 0 Å². The van der Waals surface area contributed by atoms with Crippen molar-refractivity contribution in [3.63, 3.8) is 0 Å². The maximum atomic E-state index is 12.0. The SMILES string of the molecule is CCNC(=NCCC(=O)Nc1ccc(C)cn1)NCCNC(=O)OC(C)(C)C. The molecule has 1 aromatic rings. The van der Waals surface area contributed by atoms with Crippen LogP contribution in [0.3, 0.4) is 0 Å². The summed E-state index contributed by atoms with van der Waals surface area (Å²) in [7, 11) is 0. The molecule has 2 amide bonds. The number of amides is 2. The summed E-state index contributed by atoms with van der Waals surface area (Å²) in [6.45, 7) is 11.2. The molecule has 0 bridgehead atoms. The molecule has 1 heterocycles. The van der Waals surface area contributed by atoms with Gasteiger partial charge in [0, 0.05) is 32.3 Å². The van der Waals surface area contributed by atoms with Gasteiger partial charge in [-0.3, -0.25) is 9.79 Å². The van der Waals surface area contributed by atoms with E-state index in [2.05, 4.69) is 31.2 Å². The smallest absolute Gasteiger partial charge is 0.407 e. The molecule has 0 spiro atoms. The van der Waals surface area contributed by atoms with E-state index in [0.29, 0.717) is 38.0 Å². The summed E-state index contributed by atoms with van der Waals surface area (Å²) >= 11 is 0. The van der Waals surface area contributed by atoms with Gasteiger partial charge in [-0.25, -0.2) is 9.78 Å². The maximum Gasteiger partial charge on any atom is 0.407 e. The van der Waals surface area contributed by atoms with Crippen molar-refractivity contribution in [3.05, 3.63) is 23.9 Å². The van der Waals surface area contributed by atoms with Crippen LogP contribution in [0.15, 0.2) is 23.3 Å². The molecule has 4 N–H and O–H groups in total. The fourth-order valence-electron chi connectivity index (χ4n) is 2.02. The molecule has 0 aliphatic heterocycles. The zero-order chi connectivity index (χ0) is 21.0. The summed E-state index contributed by atoms with van der Waals surface area (Å²) in [6.07, 6.45) is 1.48. The number of aromatic nitrogens is 1. The molecule has 0 aliphatic rings. The Balaban J connectivity index is 2.33. The lowest BCUT2D eigenvalue weighted by Crippen LogP contribution is -2.42. The lowest BCUT2D eigenvalue weighted by Gasteiger charge is -2.19. The number of hydrogen-bond acceptors (Lipinski definition) is 5. The van der Waals surface area contributed by atoms with Gasteiger partial charge in [0.15, 0.2) is 5.96 Å². The molecule has 0 unspecified atom stereocenters. The maximum absolute atomic E-state index is 12.0. The molecule has 28 heavy (non-hydrogen) atoms. The molecule has 1 aromatic heterocycles. The first-order valence-corrected chi connectivity index (χ1v) is 9.41. The minimum absolute atomic E-state index is 0.150. The first-order chi connectivity index (χ1) is 13.2. The number of hydrogen-bond donors (Lipinski definition) is 4. The van der Waals surface area contributed by atoms with Crippen LogP contribution < -0.4 is 21.3 Å². The number of nitrogens with zero attached hydrogens (tertiary/aromatic N) is 2. The van der Waals surface area contributed by atoms with Crippen LogP contribution in [-0.2, 0) is 9.53 Å². The highest BCUT2D eigenvalue weighted by molar-refractivity contribution is 5.90. The summed E-state index contributed by atoms with van der Waals surface area (Å²) in [5.74, 6) is 0.954. The normalized spacial score (nSPS) is 11.5. The van der Waals surface area contributed by atoms with Crippen LogP contribution in [0.2, 0.25) is 0 Å². The fraction of sp³-hybridized carbons (Fsp3) is 0.579. The molecule has 0 aromatic carbocycles. The van der Waals surface area contributed by atoms with Gasteiger partial charge in [-0.05, 0) is 46.2 Å². The topological polar surface area (TPSA) is 117 Å². The molecule has 9 heteroatoms. The molecule has 0 saturated heterocycles. The molecule has 9 nitrogen and oxygen atoms in total. The standard InChI is InChI=1S/C19H32N6O3/c1-6-20-17(22-11-12-23-18(27)28-19(3,4)5)21-10-9-16(26)25-15-8-7-14(2)13-24-15/h7-8,13H,6,9-12H2,1-5H3,(H,23,27)(H2,20,21,22)(H,24,25,26). The first kappa shape index (κ1) is 23.2. The number of aryl methyl sites for hydroxylation is 1. The monoisotopic (exact) mass is 392 g/mol. The highest BCUT2D eigenvalue weighted by atomic mass is 16.6. The van der Waals surface area contributed by atoms with Crippen LogP contribution in [0, 0.1) is 6.92 Å². The number of guanidine groups is 1. The third kappa shape index (κ3) is 11.0. The third-order valence-electron chi connectivity index (χ3n) is 3.22. The Morgan fingerprint density at radius 2 is 1.86 bits per heavy atom. The second-order valence-electron chi connectivity index (χ2n) is 7.14. The number of nitrogens with one attached hydrogen (secondary N) is 4. The van der Waals surface area contributed by atoms with E-state index in [9.17, 15) is 9.59 Å². The zero-order valence-electron chi connectivity index (χ0n) is 17.4. The van der Waals surface area contributed by atoms with E-state index < -0.39 is 11.7 Å². The summed E-state index contributed by atoms with van der Waals surface area (Å²) in [6, 6.07) is 3.65. The van der Waals surface area contributed by atoms with Gasteiger partial charge in [0.25, 0.3) is 0 Å². The van der Waals surface area contributed by atoms with Crippen molar-refractivity contribution in [1.29, 1.82) is 0 Å². The van der Waals surface area contributed by atoms with Gasteiger partial charge >= 0.3 is 6.09 Å².